The number of hydrogen-bond acceptors (Lipinski definition) is 5. The van der Waals surface area contributed by atoms with Gasteiger partial charge in [0.25, 0.3) is 0 Å². The zero-order chi connectivity index (χ0) is 26.9. The summed E-state index contributed by atoms with van der Waals surface area (Å²) in [6.07, 6.45) is 5.76. The third kappa shape index (κ3) is 7.81. The van der Waals surface area contributed by atoms with Gasteiger partial charge in [-0.15, -0.1) is 0 Å². The molecule has 1 unspecified atom stereocenters. The van der Waals surface area contributed by atoms with E-state index in [9.17, 15) is 0 Å². The molecule has 0 radical (unpaired) electrons. The second kappa shape index (κ2) is 14.0. The Bertz CT molecular complexity index is 975. The fourth-order valence-corrected chi connectivity index (χ4v) is 5.87. The number of anilines is 1. The van der Waals surface area contributed by atoms with E-state index in [2.05, 4.69) is 84.6 Å². The lowest BCUT2D eigenvalue weighted by atomic mass is 9.94. The molecule has 0 amide bonds. The Balaban J connectivity index is 0.00000186. The minimum atomic E-state index is 0.588. The van der Waals surface area contributed by atoms with Crippen molar-refractivity contribution in [1.29, 1.82) is 0 Å². The Labute approximate surface area is 227 Å². The maximum atomic E-state index is 4.88. The number of likely N-dealkylation sites (tertiary alicyclic amines) is 1. The Morgan fingerprint density at radius 2 is 1.73 bits per heavy atom. The summed E-state index contributed by atoms with van der Waals surface area (Å²) in [5, 5.41) is 3.14. The Morgan fingerprint density at radius 3 is 2.32 bits per heavy atom. The molecule has 5 nitrogen and oxygen atoms in total. The van der Waals surface area contributed by atoms with E-state index in [1.807, 2.05) is 27.1 Å². The fourth-order valence-electron chi connectivity index (χ4n) is 5.87. The highest BCUT2D eigenvalue weighted by Crippen LogP contribution is 2.29. The summed E-state index contributed by atoms with van der Waals surface area (Å²) in [5.74, 6) is 1.83. The first-order valence-electron chi connectivity index (χ1n) is 14.5. The summed E-state index contributed by atoms with van der Waals surface area (Å²) < 4.78 is 0. The number of piperazine rings is 1. The zero-order valence-electron chi connectivity index (χ0n) is 24.6. The molecule has 2 aliphatic rings. The van der Waals surface area contributed by atoms with Crippen LogP contribution in [0.1, 0.15) is 69.2 Å². The molecule has 0 spiro atoms. The molecular formula is C32H51N5. The lowest BCUT2D eigenvalue weighted by Gasteiger charge is -2.48. The second-order valence-electron chi connectivity index (χ2n) is 11.1. The molecule has 3 heterocycles. The summed E-state index contributed by atoms with van der Waals surface area (Å²) in [6, 6.07) is 12.6. The number of aryl methyl sites for hydroxylation is 2. The Morgan fingerprint density at radius 1 is 1.05 bits per heavy atom. The molecule has 204 valence electrons. The molecular weight excluding hydrogens is 454 g/mol. The minimum absolute atomic E-state index is 0.588. The van der Waals surface area contributed by atoms with Gasteiger partial charge in [0, 0.05) is 62.8 Å². The molecule has 1 atom stereocenters. The van der Waals surface area contributed by atoms with Gasteiger partial charge in [0.05, 0.1) is 0 Å². The van der Waals surface area contributed by atoms with Crippen LogP contribution in [0.15, 0.2) is 43.1 Å². The molecule has 1 aromatic carbocycles. The van der Waals surface area contributed by atoms with Gasteiger partial charge in [-0.3, -0.25) is 9.80 Å². The van der Waals surface area contributed by atoms with Gasteiger partial charge in [-0.1, -0.05) is 64.1 Å². The van der Waals surface area contributed by atoms with E-state index < -0.39 is 0 Å². The Kier molecular flexibility index (Phi) is 11.0. The zero-order valence-corrected chi connectivity index (χ0v) is 24.6. The van der Waals surface area contributed by atoms with Crippen LogP contribution in [0, 0.1) is 19.8 Å². The third-order valence-electron chi connectivity index (χ3n) is 7.83. The standard InChI is InChI=1S/C30H45N5.C2H6/c1-22(2)17-29-21-34(30-24(4)18-27(19-32-30)25(5)31-6)15-16-35(29)28-11-13-33(14-12-28)20-26-9-7-23(3)8-10-26;1-2/h7-10,18-19,22,28-29,31H,5,11-17,20-21H2,1-4,6H3;1-2H3. The maximum absolute atomic E-state index is 4.88. The smallest absolute Gasteiger partial charge is 0.131 e. The third-order valence-corrected chi connectivity index (χ3v) is 7.83. The van der Waals surface area contributed by atoms with Gasteiger partial charge >= 0.3 is 0 Å². The van der Waals surface area contributed by atoms with Crippen LogP contribution in [0.4, 0.5) is 5.82 Å². The predicted octanol–water partition coefficient (Wildman–Crippen LogP) is 6.12. The van der Waals surface area contributed by atoms with Crippen molar-refractivity contribution >= 4 is 11.5 Å². The molecule has 37 heavy (non-hydrogen) atoms. The van der Waals surface area contributed by atoms with Crippen LogP contribution in [0.3, 0.4) is 0 Å². The van der Waals surface area contributed by atoms with Gasteiger partial charge in [-0.05, 0) is 69.3 Å². The molecule has 1 aromatic heterocycles. The summed E-state index contributed by atoms with van der Waals surface area (Å²) in [5.41, 5.74) is 6.01. The van der Waals surface area contributed by atoms with E-state index in [4.69, 9.17) is 4.98 Å². The molecule has 5 heteroatoms. The van der Waals surface area contributed by atoms with Gasteiger partial charge in [0.1, 0.15) is 5.82 Å². The number of pyridine rings is 1. The van der Waals surface area contributed by atoms with Crippen molar-refractivity contribution in [2.75, 3.05) is 44.7 Å². The molecule has 0 bridgehead atoms. The fraction of sp³-hybridized carbons (Fsp3) is 0.594. The van der Waals surface area contributed by atoms with Crippen molar-refractivity contribution in [3.8, 4) is 0 Å². The average Bonchev–Trinajstić information content (AvgIpc) is 2.91. The van der Waals surface area contributed by atoms with Crippen LogP contribution in [0.25, 0.3) is 5.70 Å². The van der Waals surface area contributed by atoms with Crippen molar-refractivity contribution in [2.45, 2.75) is 79.4 Å². The first-order chi connectivity index (χ1) is 17.8. The highest BCUT2D eigenvalue weighted by molar-refractivity contribution is 5.63. The summed E-state index contributed by atoms with van der Waals surface area (Å²) >= 11 is 0. The van der Waals surface area contributed by atoms with Crippen LogP contribution in [0.5, 0.6) is 0 Å². The van der Waals surface area contributed by atoms with Crippen molar-refractivity contribution in [3.63, 3.8) is 0 Å². The molecule has 0 aliphatic carbocycles. The molecule has 2 fully saturated rings. The largest absolute Gasteiger partial charge is 0.388 e. The van der Waals surface area contributed by atoms with Crippen molar-refractivity contribution < 1.29 is 0 Å². The van der Waals surface area contributed by atoms with Gasteiger partial charge in [-0.25, -0.2) is 4.98 Å². The van der Waals surface area contributed by atoms with Crippen LogP contribution in [-0.4, -0.2) is 66.6 Å². The first kappa shape index (κ1) is 29.2. The number of benzene rings is 1. The number of hydrogen-bond donors (Lipinski definition) is 1. The van der Waals surface area contributed by atoms with Crippen molar-refractivity contribution in [1.82, 2.24) is 20.1 Å². The molecule has 2 aromatic rings. The number of aromatic nitrogens is 1. The van der Waals surface area contributed by atoms with Crippen LogP contribution < -0.4 is 10.2 Å². The number of nitrogens with one attached hydrogen (secondary N) is 1. The topological polar surface area (TPSA) is 34.6 Å². The monoisotopic (exact) mass is 505 g/mol. The highest BCUT2D eigenvalue weighted by Gasteiger charge is 2.34. The maximum Gasteiger partial charge on any atom is 0.131 e. The quantitative estimate of drug-likeness (QED) is 0.468. The highest BCUT2D eigenvalue weighted by atomic mass is 15.3. The molecule has 1 N–H and O–H groups in total. The van der Waals surface area contributed by atoms with E-state index >= 15 is 0 Å². The Hall–Kier alpha value is -2.37. The lowest BCUT2D eigenvalue weighted by molar-refractivity contribution is 0.0545. The van der Waals surface area contributed by atoms with E-state index in [1.165, 1.54) is 49.0 Å². The van der Waals surface area contributed by atoms with E-state index in [-0.39, 0.29) is 0 Å². The lowest BCUT2D eigenvalue weighted by Crippen LogP contribution is -2.59. The second-order valence-corrected chi connectivity index (χ2v) is 11.1. The van der Waals surface area contributed by atoms with Gasteiger partial charge in [-0.2, -0.15) is 0 Å². The van der Waals surface area contributed by atoms with Crippen molar-refractivity contribution in [2.24, 2.45) is 5.92 Å². The van der Waals surface area contributed by atoms with Crippen LogP contribution in [0.2, 0.25) is 0 Å². The predicted molar refractivity (Wildman–Crippen MR) is 160 cm³/mol. The molecule has 4 rings (SSSR count). The summed E-state index contributed by atoms with van der Waals surface area (Å²) in [4.78, 5) is 12.9. The molecule has 2 saturated heterocycles. The molecule has 2 aliphatic heterocycles. The minimum Gasteiger partial charge on any atom is -0.388 e. The van der Waals surface area contributed by atoms with Gasteiger partial charge in [0.2, 0.25) is 0 Å². The average molecular weight is 506 g/mol. The normalized spacial score (nSPS) is 19.5. The number of rotatable bonds is 8. The van der Waals surface area contributed by atoms with E-state index in [1.54, 1.807) is 0 Å². The number of piperidine rings is 1. The SMILES string of the molecule is C=C(NC)c1cnc(N2CCN(C3CCN(Cc4ccc(C)cc4)CC3)C(CC(C)C)C2)c(C)c1.CC. The van der Waals surface area contributed by atoms with Crippen molar-refractivity contribution in [3.05, 3.63) is 65.4 Å². The number of nitrogens with zero attached hydrogens (tertiary/aromatic N) is 4. The van der Waals surface area contributed by atoms with E-state index in [0.29, 0.717) is 18.0 Å². The first-order valence-corrected chi connectivity index (χ1v) is 14.5. The van der Waals surface area contributed by atoms with E-state index in [0.717, 1.165) is 43.3 Å². The van der Waals surface area contributed by atoms with Crippen LogP contribution >= 0.6 is 0 Å². The summed E-state index contributed by atoms with van der Waals surface area (Å²) in [6.45, 7) is 23.9. The summed E-state index contributed by atoms with van der Waals surface area (Å²) in [7, 11) is 1.91. The van der Waals surface area contributed by atoms with Gasteiger partial charge in [0.15, 0.2) is 0 Å². The van der Waals surface area contributed by atoms with Gasteiger partial charge < -0.3 is 10.2 Å². The van der Waals surface area contributed by atoms with Crippen LogP contribution in [-0.2, 0) is 6.54 Å². The molecule has 0 saturated carbocycles.